The molecule has 0 aliphatic carbocycles. The van der Waals surface area contributed by atoms with E-state index in [-0.39, 0.29) is 0 Å². The molecule has 1 heterocycles. The van der Waals surface area contributed by atoms with Crippen molar-refractivity contribution >= 4 is 0 Å². The molecule has 0 fully saturated rings. The van der Waals surface area contributed by atoms with Crippen LogP contribution in [0.1, 0.15) is 52.3 Å². The van der Waals surface area contributed by atoms with Gasteiger partial charge in [-0.25, -0.2) is 4.98 Å². The fourth-order valence-corrected chi connectivity index (χ4v) is 1.68. The van der Waals surface area contributed by atoms with Gasteiger partial charge in [0, 0.05) is 25.4 Å². The normalized spacial score (nSPS) is 13.0. The molecule has 0 spiro atoms. The minimum absolute atomic E-state index is 0.821. The van der Waals surface area contributed by atoms with Crippen LogP contribution in [0, 0.1) is 5.92 Å². The van der Waals surface area contributed by atoms with Crippen LogP contribution in [-0.2, 0) is 13.0 Å². The van der Waals surface area contributed by atoms with E-state index < -0.39 is 0 Å². The first-order valence-electron chi connectivity index (χ1n) is 6.27. The van der Waals surface area contributed by atoms with E-state index in [1.54, 1.807) is 0 Å². The van der Waals surface area contributed by atoms with Crippen molar-refractivity contribution in [2.24, 2.45) is 5.92 Å². The second kappa shape index (κ2) is 6.65. The minimum Gasteiger partial charge on any atom is -0.335 e. The van der Waals surface area contributed by atoms with Gasteiger partial charge < -0.3 is 4.57 Å². The van der Waals surface area contributed by atoms with Gasteiger partial charge in [-0.05, 0) is 18.8 Å². The van der Waals surface area contributed by atoms with Crippen LogP contribution >= 0.6 is 0 Å². The van der Waals surface area contributed by atoms with E-state index in [0.717, 1.165) is 18.9 Å². The second-order valence-electron chi connectivity index (χ2n) is 4.44. The van der Waals surface area contributed by atoms with Crippen molar-refractivity contribution < 1.29 is 0 Å². The van der Waals surface area contributed by atoms with E-state index in [0.29, 0.717) is 0 Å². The third-order valence-electron chi connectivity index (χ3n) is 3.11. The molecule has 0 saturated heterocycles. The molecule has 1 aromatic heterocycles. The zero-order valence-electron chi connectivity index (χ0n) is 10.4. The number of hydrogen-bond donors (Lipinski definition) is 0. The second-order valence-corrected chi connectivity index (χ2v) is 4.44. The molecule has 2 nitrogen and oxygen atoms in total. The van der Waals surface area contributed by atoms with Crippen LogP contribution in [0.4, 0.5) is 0 Å². The molecular weight excluding hydrogens is 184 g/mol. The quantitative estimate of drug-likeness (QED) is 0.668. The smallest absolute Gasteiger partial charge is 0.108 e. The Kier molecular flexibility index (Phi) is 5.44. The molecule has 1 unspecified atom stereocenters. The van der Waals surface area contributed by atoms with Crippen molar-refractivity contribution in [1.29, 1.82) is 0 Å². The lowest BCUT2D eigenvalue weighted by Crippen LogP contribution is -2.05. The van der Waals surface area contributed by atoms with Crippen LogP contribution in [0.5, 0.6) is 0 Å². The van der Waals surface area contributed by atoms with Crippen LogP contribution in [0.25, 0.3) is 0 Å². The topological polar surface area (TPSA) is 17.8 Å². The lowest BCUT2D eigenvalue weighted by molar-refractivity contribution is 0.495. The van der Waals surface area contributed by atoms with Crippen LogP contribution in [-0.4, -0.2) is 9.55 Å². The summed E-state index contributed by atoms with van der Waals surface area (Å²) in [5, 5.41) is 0. The highest BCUT2D eigenvalue weighted by atomic mass is 15.1. The predicted octanol–water partition coefficient (Wildman–Crippen LogP) is 3.66. The third-order valence-corrected chi connectivity index (χ3v) is 3.11. The number of aryl methyl sites for hydroxylation is 2. The van der Waals surface area contributed by atoms with E-state index in [1.807, 2.05) is 6.20 Å². The molecule has 0 aliphatic heterocycles. The monoisotopic (exact) mass is 208 g/mol. The van der Waals surface area contributed by atoms with Crippen molar-refractivity contribution in [2.75, 3.05) is 0 Å². The molecule has 0 aromatic carbocycles. The maximum absolute atomic E-state index is 4.44. The summed E-state index contributed by atoms with van der Waals surface area (Å²) >= 11 is 0. The summed E-state index contributed by atoms with van der Waals surface area (Å²) in [4.78, 5) is 4.44. The summed E-state index contributed by atoms with van der Waals surface area (Å²) in [6, 6.07) is 0. The van der Waals surface area contributed by atoms with E-state index in [9.17, 15) is 0 Å². The average molecular weight is 208 g/mol. The molecule has 15 heavy (non-hydrogen) atoms. The number of nitrogens with zero attached hydrogens (tertiary/aromatic N) is 2. The highest BCUT2D eigenvalue weighted by molar-refractivity contribution is 4.92. The van der Waals surface area contributed by atoms with E-state index in [1.165, 1.54) is 31.5 Å². The molecule has 0 aliphatic rings. The summed E-state index contributed by atoms with van der Waals surface area (Å²) in [5.41, 5.74) is 0. The first kappa shape index (κ1) is 12.3. The number of hydrogen-bond acceptors (Lipinski definition) is 1. The molecule has 86 valence electrons. The zero-order chi connectivity index (χ0) is 11.1. The lowest BCUT2D eigenvalue weighted by Gasteiger charge is -2.10. The van der Waals surface area contributed by atoms with Gasteiger partial charge in [0.1, 0.15) is 5.82 Å². The predicted molar refractivity (Wildman–Crippen MR) is 64.9 cm³/mol. The highest BCUT2D eigenvalue weighted by Gasteiger charge is 2.04. The largest absolute Gasteiger partial charge is 0.335 e. The molecular formula is C13H24N2. The number of aromatic nitrogens is 2. The van der Waals surface area contributed by atoms with Crippen molar-refractivity contribution in [3.8, 4) is 0 Å². The summed E-state index contributed by atoms with van der Waals surface area (Å²) in [6.45, 7) is 7.94. The SMILES string of the molecule is CCCCn1ccnc1CCC(C)CC. The van der Waals surface area contributed by atoms with Gasteiger partial charge >= 0.3 is 0 Å². The first-order chi connectivity index (χ1) is 7.27. The molecule has 0 bridgehead atoms. The highest BCUT2D eigenvalue weighted by Crippen LogP contribution is 2.11. The van der Waals surface area contributed by atoms with Gasteiger partial charge in [-0.3, -0.25) is 0 Å². The van der Waals surface area contributed by atoms with Gasteiger partial charge in [-0.15, -0.1) is 0 Å². The van der Waals surface area contributed by atoms with Crippen LogP contribution in [0.2, 0.25) is 0 Å². The van der Waals surface area contributed by atoms with Crippen LogP contribution in [0.15, 0.2) is 12.4 Å². The van der Waals surface area contributed by atoms with Crippen molar-refractivity contribution in [1.82, 2.24) is 9.55 Å². The number of unbranched alkanes of at least 4 members (excludes halogenated alkanes) is 1. The molecule has 1 aromatic rings. The number of imidazole rings is 1. The Hall–Kier alpha value is -0.790. The Morgan fingerprint density at radius 1 is 1.40 bits per heavy atom. The standard InChI is InChI=1S/C13H24N2/c1-4-6-10-15-11-9-14-13(15)8-7-12(3)5-2/h9,11-12H,4-8,10H2,1-3H3. The minimum atomic E-state index is 0.821. The summed E-state index contributed by atoms with van der Waals surface area (Å²) in [7, 11) is 0. The molecule has 1 rings (SSSR count). The lowest BCUT2D eigenvalue weighted by atomic mass is 10.0. The van der Waals surface area contributed by atoms with E-state index >= 15 is 0 Å². The van der Waals surface area contributed by atoms with Gasteiger partial charge in [0.2, 0.25) is 0 Å². The Morgan fingerprint density at radius 3 is 2.87 bits per heavy atom. The molecule has 0 amide bonds. The zero-order valence-corrected chi connectivity index (χ0v) is 10.4. The van der Waals surface area contributed by atoms with Crippen LogP contribution in [0.3, 0.4) is 0 Å². The van der Waals surface area contributed by atoms with Crippen molar-refractivity contribution in [3.63, 3.8) is 0 Å². The average Bonchev–Trinajstić information content (AvgIpc) is 2.70. The fourth-order valence-electron chi connectivity index (χ4n) is 1.68. The van der Waals surface area contributed by atoms with Crippen molar-refractivity contribution in [2.45, 2.75) is 59.4 Å². The van der Waals surface area contributed by atoms with E-state index in [2.05, 4.69) is 36.5 Å². The molecule has 0 saturated carbocycles. The maximum atomic E-state index is 4.44. The van der Waals surface area contributed by atoms with E-state index in [4.69, 9.17) is 0 Å². The Labute approximate surface area is 93.7 Å². The molecule has 0 N–H and O–H groups in total. The van der Waals surface area contributed by atoms with Gasteiger partial charge in [0.25, 0.3) is 0 Å². The molecule has 0 radical (unpaired) electrons. The summed E-state index contributed by atoms with van der Waals surface area (Å²) in [6.07, 6.45) is 10.2. The van der Waals surface area contributed by atoms with Gasteiger partial charge in [0.15, 0.2) is 0 Å². The van der Waals surface area contributed by atoms with Crippen molar-refractivity contribution in [3.05, 3.63) is 18.2 Å². The van der Waals surface area contributed by atoms with Gasteiger partial charge in [0.05, 0.1) is 0 Å². The third kappa shape index (κ3) is 4.06. The summed E-state index contributed by atoms with van der Waals surface area (Å²) in [5.74, 6) is 2.09. The van der Waals surface area contributed by atoms with Gasteiger partial charge in [-0.2, -0.15) is 0 Å². The molecule has 1 atom stereocenters. The van der Waals surface area contributed by atoms with Gasteiger partial charge in [-0.1, -0.05) is 33.6 Å². The fraction of sp³-hybridized carbons (Fsp3) is 0.769. The Bertz CT molecular complexity index is 265. The first-order valence-corrected chi connectivity index (χ1v) is 6.27. The number of rotatable bonds is 7. The maximum Gasteiger partial charge on any atom is 0.108 e. The Balaban J connectivity index is 2.42. The van der Waals surface area contributed by atoms with Crippen LogP contribution < -0.4 is 0 Å². The Morgan fingerprint density at radius 2 is 2.20 bits per heavy atom. The summed E-state index contributed by atoms with van der Waals surface area (Å²) < 4.78 is 2.31. The molecule has 2 heteroatoms.